The maximum atomic E-state index is 12.7. The zero-order valence-corrected chi connectivity index (χ0v) is 15.7. The Morgan fingerprint density at radius 3 is 2.96 bits per heavy atom. The number of halogens is 1. The van der Waals surface area contributed by atoms with Crippen molar-refractivity contribution < 1.29 is 14.3 Å². The number of carbonyl (C=O) groups excluding carboxylic acids is 1. The minimum Gasteiger partial charge on any atom is -0.483 e. The molecule has 1 aliphatic heterocycles. The monoisotopic (exact) mass is 403 g/mol. The molecule has 0 bridgehead atoms. The molecular weight excluding hydrogens is 382 g/mol. The van der Waals surface area contributed by atoms with E-state index < -0.39 is 0 Å². The second-order valence-corrected chi connectivity index (χ2v) is 7.53. The predicted molar refractivity (Wildman–Crippen MR) is 101 cm³/mol. The number of benzene rings is 2. The molecule has 0 radical (unpaired) electrons. The fourth-order valence-corrected chi connectivity index (χ4v) is 4.56. The Morgan fingerprint density at radius 1 is 1.20 bits per heavy atom. The Kier molecular flexibility index (Phi) is 4.95. The molecule has 1 aliphatic carbocycles. The molecule has 4 nitrogen and oxygen atoms in total. The van der Waals surface area contributed by atoms with E-state index in [-0.39, 0.29) is 24.7 Å². The number of nitrogens with zero attached hydrogens (tertiary/aromatic N) is 1. The third-order valence-corrected chi connectivity index (χ3v) is 6.05. The fourth-order valence-electron chi connectivity index (χ4n) is 3.95. The highest BCUT2D eigenvalue weighted by Gasteiger charge is 2.36. The van der Waals surface area contributed by atoms with E-state index in [2.05, 4.69) is 22.0 Å². The van der Waals surface area contributed by atoms with E-state index in [0.29, 0.717) is 18.9 Å². The van der Waals surface area contributed by atoms with Gasteiger partial charge in [0, 0.05) is 6.54 Å². The number of fused-ring (bicyclic) bond motifs is 2. The van der Waals surface area contributed by atoms with Crippen molar-refractivity contribution in [1.82, 2.24) is 4.90 Å². The normalized spacial score (nSPS) is 23.3. The summed E-state index contributed by atoms with van der Waals surface area (Å²) in [7, 11) is 0. The van der Waals surface area contributed by atoms with Gasteiger partial charge in [0.25, 0.3) is 5.91 Å². The van der Waals surface area contributed by atoms with E-state index in [4.69, 9.17) is 9.47 Å². The van der Waals surface area contributed by atoms with Crippen LogP contribution in [0.15, 0.2) is 40.9 Å². The second kappa shape index (κ2) is 7.34. The van der Waals surface area contributed by atoms with Crippen LogP contribution in [0.25, 0.3) is 10.8 Å². The lowest BCUT2D eigenvalue weighted by molar-refractivity contribution is -0.151. The maximum absolute atomic E-state index is 12.7. The van der Waals surface area contributed by atoms with Gasteiger partial charge >= 0.3 is 0 Å². The molecule has 0 N–H and O–H groups in total. The van der Waals surface area contributed by atoms with Gasteiger partial charge < -0.3 is 14.4 Å². The van der Waals surface area contributed by atoms with Crippen molar-refractivity contribution in [3.8, 4) is 5.75 Å². The van der Waals surface area contributed by atoms with Crippen molar-refractivity contribution >= 4 is 32.6 Å². The van der Waals surface area contributed by atoms with Gasteiger partial charge in [-0.15, -0.1) is 0 Å². The lowest BCUT2D eigenvalue weighted by atomic mass is 9.90. The van der Waals surface area contributed by atoms with Crippen LogP contribution in [-0.2, 0) is 9.53 Å². The zero-order chi connectivity index (χ0) is 17.2. The summed E-state index contributed by atoms with van der Waals surface area (Å²) in [5.74, 6) is 0.765. The first-order valence-corrected chi connectivity index (χ1v) is 9.74. The summed E-state index contributed by atoms with van der Waals surface area (Å²) in [5.41, 5.74) is 0. The largest absolute Gasteiger partial charge is 0.483 e. The average molecular weight is 404 g/mol. The lowest BCUT2D eigenvalue weighted by Crippen LogP contribution is -2.55. The Balaban J connectivity index is 1.45. The van der Waals surface area contributed by atoms with Crippen molar-refractivity contribution in [2.24, 2.45) is 0 Å². The number of morpholine rings is 1. The Labute approximate surface area is 156 Å². The van der Waals surface area contributed by atoms with Crippen molar-refractivity contribution in [3.63, 3.8) is 0 Å². The molecule has 25 heavy (non-hydrogen) atoms. The summed E-state index contributed by atoms with van der Waals surface area (Å²) in [6.45, 7) is 1.37. The van der Waals surface area contributed by atoms with Crippen LogP contribution in [0.2, 0.25) is 0 Å². The van der Waals surface area contributed by atoms with Gasteiger partial charge in [-0.3, -0.25) is 4.79 Å². The number of ether oxygens (including phenoxy) is 2. The van der Waals surface area contributed by atoms with Gasteiger partial charge in [0.1, 0.15) is 5.75 Å². The van der Waals surface area contributed by atoms with E-state index in [9.17, 15) is 4.79 Å². The molecule has 2 unspecified atom stereocenters. The van der Waals surface area contributed by atoms with Gasteiger partial charge in [-0.05, 0) is 45.6 Å². The Bertz CT molecular complexity index is 777. The SMILES string of the molecule is O=C(COc1ccc2ccccc2c1Br)N1CCOC2CCCCC21. The minimum absolute atomic E-state index is 0.0558. The highest BCUT2D eigenvalue weighted by atomic mass is 79.9. The molecule has 2 aliphatic rings. The van der Waals surface area contributed by atoms with Gasteiger partial charge in [0.05, 0.1) is 23.2 Å². The van der Waals surface area contributed by atoms with Gasteiger partial charge in [0.2, 0.25) is 0 Å². The van der Waals surface area contributed by atoms with Crippen LogP contribution >= 0.6 is 15.9 Å². The third kappa shape index (κ3) is 3.40. The van der Waals surface area contributed by atoms with Crippen LogP contribution in [-0.4, -0.2) is 42.7 Å². The Morgan fingerprint density at radius 2 is 2.04 bits per heavy atom. The second-order valence-electron chi connectivity index (χ2n) is 6.74. The van der Waals surface area contributed by atoms with Gasteiger partial charge in [-0.2, -0.15) is 0 Å². The quantitative estimate of drug-likeness (QED) is 0.772. The maximum Gasteiger partial charge on any atom is 0.260 e. The van der Waals surface area contributed by atoms with Crippen LogP contribution < -0.4 is 4.74 Å². The highest BCUT2D eigenvalue weighted by molar-refractivity contribution is 9.10. The van der Waals surface area contributed by atoms with E-state index in [1.165, 1.54) is 12.8 Å². The lowest BCUT2D eigenvalue weighted by Gasteiger charge is -2.43. The molecule has 0 aromatic heterocycles. The first-order chi connectivity index (χ1) is 12.2. The molecule has 1 amide bonds. The van der Waals surface area contributed by atoms with Crippen molar-refractivity contribution in [2.75, 3.05) is 19.8 Å². The molecular formula is C20H22BrNO3. The molecule has 2 aromatic rings. The van der Waals surface area contributed by atoms with Crippen molar-refractivity contribution in [2.45, 2.75) is 37.8 Å². The van der Waals surface area contributed by atoms with E-state index in [1.807, 2.05) is 35.2 Å². The molecule has 5 heteroatoms. The summed E-state index contributed by atoms with van der Waals surface area (Å²) >= 11 is 3.61. The average Bonchev–Trinajstić information content (AvgIpc) is 2.67. The highest BCUT2D eigenvalue weighted by Crippen LogP contribution is 2.33. The topological polar surface area (TPSA) is 38.8 Å². The molecule has 1 saturated carbocycles. The van der Waals surface area contributed by atoms with Crippen LogP contribution in [0.5, 0.6) is 5.75 Å². The molecule has 4 rings (SSSR count). The van der Waals surface area contributed by atoms with Crippen molar-refractivity contribution in [1.29, 1.82) is 0 Å². The molecule has 2 atom stereocenters. The first-order valence-electron chi connectivity index (χ1n) is 8.95. The van der Waals surface area contributed by atoms with Crippen LogP contribution in [0, 0.1) is 0 Å². The van der Waals surface area contributed by atoms with Gasteiger partial charge in [0.15, 0.2) is 6.61 Å². The number of amides is 1. The Hall–Kier alpha value is -1.59. The van der Waals surface area contributed by atoms with Gasteiger partial charge in [-0.25, -0.2) is 0 Å². The molecule has 2 fully saturated rings. The van der Waals surface area contributed by atoms with Crippen LogP contribution in [0.1, 0.15) is 25.7 Å². The number of hydrogen-bond donors (Lipinski definition) is 0. The summed E-state index contributed by atoms with van der Waals surface area (Å²) in [4.78, 5) is 14.7. The molecule has 0 spiro atoms. The van der Waals surface area contributed by atoms with Gasteiger partial charge in [-0.1, -0.05) is 43.2 Å². The number of carbonyl (C=O) groups is 1. The van der Waals surface area contributed by atoms with Crippen LogP contribution in [0.3, 0.4) is 0 Å². The summed E-state index contributed by atoms with van der Waals surface area (Å²) in [5, 5.41) is 2.23. The predicted octanol–water partition coefficient (Wildman–Crippen LogP) is 4.15. The minimum atomic E-state index is 0.0558. The smallest absolute Gasteiger partial charge is 0.260 e. The van der Waals surface area contributed by atoms with E-state index >= 15 is 0 Å². The van der Waals surface area contributed by atoms with E-state index in [1.54, 1.807) is 0 Å². The summed E-state index contributed by atoms with van der Waals surface area (Å²) < 4.78 is 12.6. The summed E-state index contributed by atoms with van der Waals surface area (Å²) in [6, 6.07) is 12.3. The van der Waals surface area contributed by atoms with E-state index in [0.717, 1.165) is 28.1 Å². The standard InChI is InChI=1S/C20H22BrNO3/c21-20-15-6-2-1-5-14(15)9-10-18(20)25-13-19(23)22-11-12-24-17-8-4-3-7-16(17)22/h1-2,5-6,9-10,16-17H,3-4,7-8,11-13H2. The number of rotatable bonds is 3. The molecule has 1 saturated heterocycles. The molecule has 2 aromatic carbocycles. The number of hydrogen-bond acceptors (Lipinski definition) is 3. The third-order valence-electron chi connectivity index (χ3n) is 5.23. The molecule has 132 valence electrons. The first kappa shape index (κ1) is 16.9. The summed E-state index contributed by atoms with van der Waals surface area (Å²) in [6.07, 6.45) is 4.68. The molecule has 1 heterocycles. The fraction of sp³-hybridized carbons (Fsp3) is 0.450. The zero-order valence-electron chi connectivity index (χ0n) is 14.1. The van der Waals surface area contributed by atoms with Crippen LogP contribution in [0.4, 0.5) is 0 Å². The van der Waals surface area contributed by atoms with Crippen molar-refractivity contribution in [3.05, 3.63) is 40.9 Å².